The Bertz CT molecular complexity index is 537. The Morgan fingerprint density at radius 2 is 2.11 bits per heavy atom. The summed E-state index contributed by atoms with van der Waals surface area (Å²) in [5.41, 5.74) is 4.91. The molecule has 0 saturated heterocycles. The van der Waals surface area contributed by atoms with Crippen LogP contribution in [0, 0.1) is 6.92 Å². The van der Waals surface area contributed by atoms with Crippen molar-refractivity contribution in [3.8, 4) is 0 Å². The second-order valence-electron chi connectivity index (χ2n) is 4.65. The molecule has 1 aliphatic heterocycles. The number of hydrogen-bond acceptors (Lipinski definition) is 3. The molecule has 0 aromatic heterocycles. The van der Waals surface area contributed by atoms with Gasteiger partial charge in [-0.25, -0.2) is 5.43 Å². The van der Waals surface area contributed by atoms with Crippen LogP contribution in [0.1, 0.15) is 36.9 Å². The van der Waals surface area contributed by atoms with Crippen LogP contribution in [0.4, 0.5) is 0 Å². The summed E-state index contributed by atoms with van der Waals surface area (Å²) in [5.74, 6) is -0.376. The lowest BCUT2D eigenvalue weighted by Crippen LogP contribution is -2.38. The molecule has 1 aromatic carbocycles. The zero-order chi connectivity index (χ0) is 13.8. The smallest absolute Gasteiger partial charge is 0.267 e. The second-order valence-corrected chi connectivity index (χ2v) is 4.65. The number of nitrogens with one attached hydrogen (secondary N) is 2. The molecule has 19 heavy (non-hydrogen) atoms. The predicted molar refractivity (Wildman–Crippen MR) is 72.5 cm³/mol. The van der Waals surface area contributed by atoms with E-state index in [0.29, 0.717) is 18.6 Å². The zero-order valence-corrected chi connectivity index (χ0v) is 11.1. The zero-order valence-electron chi connectivity index (χ0n) is 11.1. The molecule has 2 amide bonds. The molecule has 0 saturated carbocycles. The molecule has 1 aliphatic rings. The van der Waals surface area contributed by atoms with Crippen LogP contribution in [0.15, 0.2) is 29.4 Å². The van der Waals surface area contributed by atoms with E-state index in [1.807, 2.05) is 38.1 Å². The summed E-state index contributed by atoms with van der Waals surface area (Å²) in [5, 5.41) is 6.69. The quantitative estimate of drug-likeness (QED) is 0.862. The van der Waals surface area contributed by atoms with Crippen molar-refractivity contribution in [1.29, 1.82) is 0 Å². The highest BCUT2D eigenvalue weighted by Crippen LogP contribution is 2.16. The molecular weight excluding hydrogens is 242 g/mol. The van der Waals surface area contributed by atoms with Crippen molar-refractivity contribution in [3.63, 3.8) is 0 Å². The van der Waals surface area contributed by atoms with Crippen molar-refractivity contribution >= 4 is 17.5 Å². The number of hydrazone groups is 1. The lowest BCUT2D eigenvalue weighted by Gasteiger charge is -2.18. The van der Waals surface area contributed by atoms with Gasteiger partial charge in [0.15, 0.2) is 0 Å². The molecule has 2 rings (SSSR count). The maximum atomic E-state index is 12.0. The minimum atomic E-state index is -0.226. The third-order valence-corrected chi connectivity index (χ3v) is 3.17. The first-order valence-electron chi connectivity index (χ1n) is 6.29. The van der Waals surface area contributed by atoms with Gasteiger partial charge >= 0.3 is 0 Å². The molecule has 100 valence electrons. The van der Waals surface area contributed by atoms with Gasteiger partial charge in [0, 0.05) is 12.8 Å². The van der Waals surface area contributed by atoms with E-state index in [9.17, 15) is 9.59 Å². The molecule has 0 spiro atoms. The van der Waals surface area contributed by atoms with E-state index in [4.69, 9.17) is 0 Å². The Kier molecular flexibility index (Phi) is 3.94. The number of hydrogen-bond donors (Lipinski definition) is 2. The number of carbonyl (C=O) groups is 2. The van der Waals surface area contributed by atoms with Crippen LogP contribution in [-0.4, -0.2) is 17.5 Å². The molecule has 1 atom stereocenters. The van der Waals surface area contributed by atoms with Gasteiger partial charge in [0.2, 0.25) is 5.91 Å². The van der Waals surface area contributed by atoms with Crippen molar-refractivity contribution < 1.29 is 9.59 Å². The van der Waals surface area contributed by atoms with E-state index in [1.165, 1.54) is 0 Å². The summed E-state index contributed by atoms with van der Waals surface area (Å²) < 4.78 is 0. The molecule has 0 radical (unpaired) electrons. The van der Waals surface area contributed by atoms with Gasteiger partial charge in [-0.05, 0) is 25.0 Å². The van der Waals surface area contributed by atoms with E-state index in [-0.39, 0.29) is 17.9 Å². The fourth-order valence-corrected chi connectivity index (χ4v) is 2.07. The van der Waals surface area contributed by atoms with Crippen LogP contribution in [-0.2, 0) is 9.59 Å². The monoisotopic (exact) mass is 259 g/mol. The summed E-state index contributed by atoms with van der Waals surface area (Å²) in [6.07, 6.45) is 0.698. The van der Waals surface area contributed by atoms with Gasteiger partial charge in [0.25, 0.3) is 5.91 Å². The third-order valence-electron chi connectivity index (χ3n) is 3.17. The normalized spacial score (nSPS) is 16.3. The molecule has 1 unspecified atom stereocenters. The van der Waals surface area contributed by atoms with Crippen LogP contribution < -0.4 is 10.7 Å². The average molecular weight is 259 g/mol. The first kappa shape index (κ1) is 13.3. The van der Waals surface area contributed by atoms with Crippen LogP contribution in [0.25, 0.3) is 0 Å². The van der Waals surface area contributed by atoms with Crippen molar-refractivity contribution in [3.05, 3.63) is 35.4 Å². The van der Waals surface area contributed by atoms with Crippen molar-refractivity contribution in [2.24, 2.45) is 5.10 Å². The van der Waals surface area contributed by atoms with Gasteiger partial charge in [-0.2, -0.15) is 5.10 Å². The number of nitrogens with zero attached hydrogens (tertiary/aromatic N) is 1. The average Bonchev–Trinajstić information content (AvgIpc) is 2.39. The topological polar surface area (TPSA) is 70.6 Å². The Labute approximate surface area is 112 Å². The van der Waals surface area contributed by atoms with Crippen molar-refractivity contribution in [2.45, 2.75) is 32.7 Å². The summed E-state index contributed by atoms with van der Waals surface area (Å²) in [6.45, 7) is 3.94. The van der Waals surface area contributed by atoms with Gasteiger partial charge in [-0.1, -0.05) is 24.3 Å². The van der Waals surface area contributed by atoms with Gasteiger partial charge < -0.3 is 5.32 Å². The van der Waals surface area contributed by atoms with Gasteiger partial charge in [-0.15, -0.1) is 0 Å². The Morgan fingerprint density at radius 3 is 2.74 bits per heavy atom. The minimum Gasteiger partial charge on any atom is -0.344 e. The van der Waals surface area contributed by atoms with Gasteiger partial charge in [-0.3, -0.25) is 9.59 Å². The first-order chi connectivity index (χ1) is 9.08. The molecule has 0 fully saturated rings. The Morgan fingerprint density at radius 1 is 1.37 bits per heavy atom. The molecular formula is C14H17N3O2. The molecule has 0 bridgehead atoms. The SMILES string of the molecule is Cc1ccccc1C(C)NC(=O)C1=NNC(=O)CC1. The van der Waals surface area contributed by atoms with E-state index in [2.05, 4.69) is 15.8 Å². The van der Waals surface area contributed by atoms with Gasteiger partial charge in [0.05, 0.1) is 6.04 Å². The molecule has 5 heteroatoms. The fraction of sp³-hybridized carbons (Fsp3) is 0.357. The largest absolute Gasteiger partial charge is 0.344 e. The van der Waals surface area contributed by atoms with Crippen molar-refractivity contribution in [2.75, 3.05) is 0 Å². The lowest BCUT2D eigenvalue weighted by molar-refractivity contribution is -0.121. The van der Waals surface area contributed by atoms with Crippen LogP contribution in [0.2, 0.25) is 0 Å². The highest BCUT2D eigenvalue weighted by molar-refractivity contribution is 6.39. The highest BCUT2D eigenvalue weighted by Gasteiger charge is 2.20. The second kappa shape index (κ2) is 5.65. The summed E-state index contributed by atoms with van der Waals surface area (Å²) >= 11 is 0. The molecule has 1 heterocycles. The number of rotatable bonds is 3. The summed E-state index contributed by atoms with van der Waals surface area (Å²) in [6, 6.07) is 7.83. The fourth-order valence-electron chi connectivity index (χ4n) is 2.07. The van der Waals surface area contributed by atoms with Crippen LogP contribution in [0.3, 0.4) is 0 Å². The van der Waals surface area contributed by atoms with E-state index >= 15 is 0 Å². The number of amides is 2. The van der Waals surface area contributed by atoms with Crippen LogP contribution in [0.5, 0.6) is 0 Å². The Hall–Kier alpha value is -2.17. The number of benzene rings is 1. The Balaban J connectivity index is 2.03. The summed E-state index contributed by atoms with van der Waals surface area (Å²) in [4.78, 5) is 23.0. The third kappa shape index (κ3) is 3.19. The standard InChI is InChI=1S/C14H17N3O2/c1-9-5-3-4-6-11(9)10(2)15-14(19)12-7-8-13(18)17-16-12/h3-6,10H,7-8H2,1-2H3,(H,15,19)(H,17,18). The summed E-state index contributed by atoms with van der Waals surface area (Å²) in [7, 11) is 0. The predicted octanol–water partition coefficient (Wildman–Crippen LogP) is 1.44. The van der Waals surface area contributed by atoms with E-state index in [1.54, 1.807) is 0 Å². The first-order valence-corrected chi connectivity index (χ1v) is 6.29. The minimum absolute atomic E-state index is 0.0889. The molecule has 1 aromatic rings. The van der Waals surface area contributed by atoms with E-state index < -0.39 is 0 Å². The molecule has 0 aliphatic carbocycles. The van der Waals surface area contributed by atoms with Crippen molar-refractivity contribution in [1.82, 2.24) is 10.7 Å². The van der Waals surface area contributed by atoms with E-state index in [0.717, 1.165) is 11.1 Å². The lowest BCUT2D eigenvalue weighted by atomic mass is 10.0. The number of aryl methyl sites for hydroxylation is 1. The highest BCUT2D eigenvalue weighted by atomic mass is 16.2. The molecule has 2 N–H and O–H groups in total. The van der Waals surface area contributed by atoms with Crippen LogP contribution >= 0.6 is 0 Å². The van der Waals surface area contributed by atoms with Gasteiger partial charge in [0.1, 0.15) is 5.71 Å². The number of carbonyl (C=O) groups excluding carboxylic acids is 2. The molecule has 5 nitrogen and oxygen atoms in total. The maximum Gasteiger partial charge on any atom is 0.267 e. The maximum absolute atomic E-state index is 12.0.